The fourth-order valence-corrected chi connectivity index (χ4v) is 2.32. The summed E-state index contributed by atoms with van der Waals surface area (Å²) in [6.45, 7) is 10.9. The van der Waals surface area contributed by atoms with Gasteiger partial charge in [-0.2, -0.15) is 0 Å². The Labute approximate surface area is 101 Å². The van der Waals surface area contributed by atoms with Crippen LogP contribution < -0.4 is 0 Å². The third-order valence-corrected chi connectivity index (χ3v) is 3.12. The topological polar surface area (TPSA) is 12.5 Å². The van der Waals surface area contributed by atoms with Gasteiger partial charge in [0.25, 0.3) is 0 Å². The van der Waals surface area contributed by atoms with Gasteiger partial charge in [0.2, 0.25) is 0 Å². The van der Waals surface area contributed by atoms with Gasteiger partial charge in [0.1, 0.15) is 0 Å². The lowest BCUT2D eigenvalue weighted by atomic mass is 10.1. The highest BCUT2D eigenvalue weighted by Crippen LogP contribution is 2.16. The van der Waals surface area contributed by atoms with Gasteiger partial charge in [-0.25, -0.2) is 0 Å². The first kappa shape index (κ1) is 13.6. The Hall–Kier alpha value is -0.500. The van der Waals surface area contributed by atoms with Crippen LogP contribution in [0, 0.1) is 0 Å². The average Bonchev–Trinajstić information content (AvgIpc) is 2.22. The Morgan fingerprint density at radius 2 is 1.88 bits per heavy atom. The molecule has 1 rings (SSSR count). The molecule has 0 saturated carbocycles. The normalized spacial score (nSPS) is 27.2. The van der Waals surface area contributed by atoms with E-state index in [1.807, 2.05) is 0 Å². The molecule has 2 atom stereocenters. The van der Waals surface area contributed by atoms with E-state index in [0.29, 0.717) is 12.2 Å². The molecular weight excluding hydrogens is 198 g/mol. The predicted molar refractivity (Wildman–Crippen MR) is 69.5 cm³/mol. The van der Waals surface area contributed by atoms with Crippen LogP contribution in [0.4, 0.5) is 0 Å². The van der Waals surface area contributed by atoms with Crippen molar-refractivity contribution in [2.75, 3.05) is 13.1 Å². The van der Waals surface area contributed by atoms with E-state index in [-0.39, 0.29) is 0 Å². The largest absolute Gasteiger partial charge is 0.372 e. The lowest BCUT2D eigenvalue weighted by molar-refractivity contribution is -0.0543. The smallest absolute Gasteiger partial charge is 0.0726 e. The van der Waals surface area contributed by atoms with Gasteiger partial charge in [-0.05, 0) is 39.3 Å². The van der Waals surface area contributed by atoms with Gasteiger partial charge < -0.3 is 9.64 Å². The molecule has 94 valence electrons. The number of hydrogen-bond donors (Lipinski definition) is 0. The van der Waals surface area contributed by atoms with E-state index in [1.165, 1.54) is 25.7 Å². The lowest BCUT2D eigenvalue weighted by Crippen LogP contribution is -2.42. The Morgan fingerprint density at radius 1 is 1.25 bits per heavy atom. The van der Waals surface area contributed by atoms with Crippen LogP contribution >= 0.6 is 0 Å². The summed E-state index contributed by atoms with van der Waals surface area (Å²) >= 11 is 0. The van der Waals surface area contributed by atoms with Gasteiger partial charge in [-0.15, -0.1) is 0 Å². The monoisotopic (exact) mass is 225 g/mol. The summed E-state index contributed by atoms with van der Waals surface area (Å²) in [5, 5.41) is 0. The van der Waals surface area contributed by atoms with E-state index in [9.17, 15) is 0 Å². The zero-order chi connectivity index (χ0) is 12.0. The molecule has 16 heavy (non-hydrogen) atoms. The van der Waals surface area contributed by atoms with Crippen molar-refractivity contribution < 1.29 is 4.74 Å². The molecule has 0 aliphatic carbocycles. The molecule has 0 bridgehead atoms. The zero-order valence-corrected chi connectivity index (χ0v) is 11.3. The number of nitrogens with zero attached hydrogens (tertiary/aromatic N) is 1. The van der Waals surface area contributed by atoms with Crippen molar-refractivity contribution in [2.24, 2.45) is 0 Å². The summed E-state index contributed by atoms with van der Waals surface area (Å²) in [5.74, 6) is 0. The van der Waals surface area contributed by atoms with E-state index in [0.717, 1.165) is 13.1 Å². The molecule has 0 aromatic rings. The van der Waals surface area contributed by atoms with Crippen LogP contribution in [0.5, 0.6) is 0 Å². The van der Waals surface area contributed by atoms with Crippen LogP contribution in [0.25, 0.3) is 0 Å². The average molecular weight is 225 g/mol. The highest BCUT2D eigenvalue weighted by molar-refractivity contribution is 5.01. The Morgan fingerprint density at radius 3 is 2.38 bits per heavy atom. The molecule has 0 amide bonds. The summed E-state index contributed by atoms with van der Waals surface area (Å²) in [6.07, 6.45) is 8.15. The van der Waals surface area contributed by atoms with Crippen LogP contribution in [-0.2, 0) is 4.74 Å². The first-order valence-electron chi connectivity index (χ1n) is 6.74. The highest BCUT2D eigenvalue weighted by Gasteiger charge is 2.19. The summed E-state index contributed by atoms with van der Waals surface area (Å²) in [7, 11) is 0. The van der Waals surface area contributed by atoms with Crippen LogP contribution in [0.1, 0.15) is 53.4 Å². The number of rotatable bonds is 5. The fraction of sp³-hybridized carbons (Fsp3) is 0.857. The van der Waals surface area contributed by atoms with Gasteiger partial charge in [-0.3, -0.25) is 0 Å². The summed E-state index contributed by atoms with van der Waals surface area (Å²) in [5.41, 5.74) is 1.59. The molecular formula is C14H27NO. The SMILES string of the molecule is CCCCC(=CN1CC(C)OC(C)C1)CC. The van der Waals surface area contributed by atoms with Crippen LogP contribution in [-0.4, -0.2) is 30.2 Å². The van der Waals surface area contributed by atoms with Crippen LogP contribution in [0.15, 0.2) is 11.8 Å². The first-order valence-corrected chi connectivity index (χ1v) is 6.74. The van der Waals surface area contributed by atoms with E-state index in [4.69, 9.17) is 4.74 Å². The van der Waals surface area contributed by atoms with E-state index < -0.39 is 0 Å². The molecule has 0 aromatic heterocycles. The molecule has 0 spiro atoms. The number of ether oxygens (including phenoxy) is 1. The molecule has 1 heterocycles. The Balaban J connectivity index is 2.50. The molecule has 0 aromatic carbocycles. The van der Waals surface area contributed by atoms with Crippen molar-refractivity contribution >= 4 is 0 Å². The summed E-state index contributed by atoms with van der Waals surface area (Å²) < 4.78 is 5.74. The third-order valence-electron chi connectivity index (χ3n) is 3.12. The van der Waals surface area contributed by atoms with E-state index >= 15 is 0 Å². The van der Waals surface area contributed by atoms with Gasteiger partial charge in [0.15, 0.2) is 0 Å². The molecule has 1 saturated heterocycles. The summed E-state index contributed by atoms with van der Waals surface area (Å²) in [4.78, 5) is 2.44. The number of hydrogen-bond acceptors (Lipinski definition) is 2. The van der Waals surface area contributed by atoms with Gasteiger partial charge >= 0.3 is 0 Å². The maximum absolute atomic E-state index is 5.74. The molecule has 0 N–H and O–H groups in total. The lowest BCUT2D eigenvalue weighted by Gasteiger charge is -2.35. The molecule has 1 fully saturated rings. The predicted octanol–water partition coefficient (Wildman–Crippen LogP) is 3.58. The van der Waals surface area contributed by atoms with E-state index in [1.54, 1.807) is 5.57 Å². The van der Waals surface area contributed by atoms with Crippen molar-refractivity contribution in [1.29, 1.82) is 0 Å². The minimum atomic E-state index is 0.365. The number of unbranched alkanes of at least 4 members (excludes halogenated alkanes) is 1. The van der Waals surface area contributed by atoms with Crippen molar-refractivity contribution in [3.05, 3.63) is 11.8 Å². The highest BCUT2D eigenvalue weighted by atomic mass is 16.5. The molecule has 1 aliphatic rings. The standard InChI is InChI=1S/C14H27NO/c1-5-7-8-14(6-2)11-15-9-12(3)16-13(4)10-15/h11-13H,5-10H2,1-4H3. The second-order valence-corrected chi connectivity index (χ2v) is 4.96. The van der Waals surface area contributed by atoms with Gasteiger partial charge in [0.05, 0.1) is 12.2 Å². The van der Waals surface area contributed by atoms with Crippen LogP contribution in [0.3, 0.4) is 0 Å². The second kappa shape index (κ2) is 6.95. The van der Waals surface area contributed by atoms with Gasteiger partial charge in [-0.1, -0.05) is 25.8 Å². The molecule has 2 unspecified atom stereocenters. The minimum absolute atomic E-state index is 0.365. The van der Waals surface area contributed by atoms with E-state index in [2.05, 4.69) is 38.8 Å². The minimum Gasteiger partial charge on any atom is -0.372 e. The molecule has 1 aliphatic heterocycles. The van der Waals surface area contributed by atoms with Crippen molar-refractivity contribution in [3.8, 4) is 0 Å². The summed E-state index contributed by atoms with van der Waals surface area (Å²) in [6, 6.07) is 0. The maximum atomic E-state index is 5.74. The van der Waals surface area contributed by atoms with Crippen molar-refractivity contribution in [1.82, 2.24) is 4.90 Å². The zero-order valence-electron chi connectivity index (χ0n) is 11.3. The van der Waals surface area contributed by atoms with Crippen LogP contribution in [0.2, 0.25) is 0 Å². The number of allylic oxidation sites excluding steroid dienone is 1. The fourth-order valence-electron chi connectivity index (χ4n) is 2.32. The molecule has 2 nitrogen and oxygen atoms in total. The quantitative estimate of drug-likeness (QED) is 0.709. The molecule has 2 heteroatoms. The first-order chi connectivity index (χ1) is 7.65. The Kier molecular flexibility index (Phi) is 5.89. The maximum Gasteiger partial charge on any atom is 0.0726 e. The molecule has 0 radical (unpaired) electrons. The van der Waals surface area contributed by atoms with Crippen molar-refractivity contribution in [2.45, 2.75) is 65.6 Å². The Bertz CT molecular complexity index is 215. The van der Waals surface area contributed by atoms with Gasteiger partial charge in [0, 0.05) is 13.1 Å². The number of morpholine rings is 1. The van der Waals surface area contributed by atoms with Crippen molar-refractivity contribution in [3.63, 3.8) is 0 Å². The second-order valence-electron chi connectivity index (χ2n) is 4.96. The third kappa shape index (κ3) is 4.56.